The second kappa shape index (κ2) is 8.66. The minimum atomic E-state index is -0.364. The van der Waals surface area contributed by atoms with Crippen molar-refractivity contribution < 1.29 is 14.3 Å². The molecule has 2 aliphatic rings. The molecule has 2 aromatic carbocycles. The molecule has 2 saturated heterocycles. The van der Waals surface area contributed by atoms with Crippen LogP contribution in [0, 0.1) is 0 Å². The average molecular weight is 393 g/mol. The van der Waals surface area contributed by atoms with Crippen molar-refractivity contribution in [3.05, 3.63) is 54.6 Å². The minimum absolute atomic E-state index is 0.120. The first-order valence-electron chi connectivity index (χ1n) is 10.3. The predicted octanol–water partition coefficient (Wildman–Crippen LogP) is 2.93. The number of amides is 2. The molecule has 2 heterocycles. The van der Waals surface area contributed by atoms with E-state index in [0.29, 0.717) is 12.3 Å². The molecule has 0 spiro atoms. The zero-order valence-corrected chi connectivity index (χ0v) is 16.8. The van der Waals surface area contributed by atoms with E-state index < -0.39 is 0 Å². The summed E-state index contributed by atoms with van der Waals surface area (Å²) in [5.41, 5.74) is 1.82. The van der Waals surface area contributed by atoms with Crippen molar-refractivity contribution in [2.75, 3.05) is 42.6 Å². The van der Waals surface area contributed by atoms with Gasteiger partial charge in [-0.25, -0.2) is 4.90 Å². The fourth-order valence-electron chi connectivity index (χ4n) is 4.01. The van der Waals surface area contributed by atoms with Gasteiger partial charge in [0.25, 0.3) is 5.91 Å². The minimum Gasteiger partial charge on any atom is -0.494 e. The van der Waals surface area contributed by atoms with Gasteiger partial charge in [-0.05, 0) is 42.8 Å². The van der Waals surface area contributed by atoms with Gasteiger partial charge in [0, 0.05) is 31.9 Å². The highest BCUT2D eigenvalue weighted by atomic mass is 16.5. The van der Waals surface area contributed by atoms with E-state index in [0.717, 1.165) is 38.3 Å². The highest BCUT2D eigenvalue weighted by molar-refractivity contribution is 6.22. The molecular weight excluding hydrogens is 366 g/mol. The standard InChI is InChI=1S/C23H27N3O3/c1-2-16-29-20-10-8-19(9-11-20)26-22(27)17-21(23(26)28)25-14-12-24(13-15-25)18-6-4-3-5-7-18/h3-11,21H,2,12-17H2,1H3/t21-/m1/s1. The number of carbonyl (C=O) groups excluding carboxylic acids is 2. The fourth-order valence-corrected chi connectivity index (χ4v) is 4.01. The van der Waals surface area contributed by atoms with E-state index in [2.05, 4.69) is 28.9 Å². The Morgan fingerprint density at radius 2 is 1.59 bits per heavy atom. The number of nitrogens with zero attached hydrogens (tertiary/aromatic N) is 3. The summed E-state index contributed by atoms with van der Waals surface area (Å²) in [6, 6.07) is 17.2. The van der Waals surface area contributed by atoms with E-state index in [-0.39, 0.29) is 24.3 Å². The van der Waals surface area contributed by atoms with Crippen molar-refractivity contribution in [1.29, 1.82) is 0 Å². The van der Waals surface area contributed by atoms with Gasteiger partial charge in [0.05, 0.1) is 24.8 Å². The number of ether oxygens (including phenoxy) is 1. The summed E-state index contributed by atoms with van der Waals surface area (Å²) in [5.74, 6) is 0.501. The van der Waals surface area contributed by atoms with Crippen LogP contribution in [0.4, 0.5) is 11.4 Å². The monoisotopic (exact) mass is 393 g/mol. The van der Waals surface area contributed by atoms with E-state index >= 15 is 0 Å². The van der Waals surface area contributed by atoms with E-state index in [1.165, 1.54) is 10.6 Å². The molecule has 152 valence electrons. The van der Waals surface area contributed by atoms with Gasteiger partial charge < -0.3 is 9.64 Å². The van der Waals surface area contributed by atoms with Crippen LogP contribution in [-0.2, 0) is 9.59 Å². The van der Waals surface area contributed by atoms with Crippen LogP contribution in [-0.4, -0.2) is 55.5 Å². The normalized spacial score (nSPS) is 20.4. The molecule has 2 fully saturated rings. The molecule has 4 rings (SSSR count). The third-order valence-electron chi connectivity index (χ3n) is 5.57. The van der Waals surface area contributed by atoms with Crippen LogP contribution in [0.5, 0.6) is 5.75 Å². The SMILES string of the molecule is CCCOc1ccc(N2C(=O)C[C@@H](N3CCN(c4ccccc4)CC3)C2=O)cc1. The number of piperazine rings is 1. The largest absolute Gasteiger partial charge is 0.494 e. The second-order valence-corrected chi connectivity index (χ2v) is 7.49. The molecule has 2 amide bonds. The Kier molecular flexibility index (Phi) is 5.81. The Hall–Kier alpha value is -2.86. The highest BCUT2D eigenvalue weighted by Crippen LogP contribution is 2.28. The van der Waals surface area contributed by atoms with Crippen molar-refractivity contribution in [3.63, 3.8) is 0 Å². The lowest BCUT2D eigenvalue weighted by atomic mass is 10.1. The third kappa shape index (κ3) is 4.12. The van der Waals surface area contributed by atoms with E-state index in [1.807, 2.05) is 30.3 Å². The summed E-state index contributed by atoms with van der Waals surface area (Å²) in [5, 5.41) is 0. The molecule has 1 atom stereocenters. The lowest BCUT2D eigenvalue weighted by Crippen LogP contribution is -2.52. The quantitative estimate of drug-likeness (QED) is 0.707. The molecule has 0 aromatic heterocycles. The van der Waals surface area contributed by atoms with Crippen molar-refractivity contribution >= 4 is 23.2 Å². The maximum Gasteiger partial charge on any atom is 0.251 e. The molecule has 6 nitrogen and oxygen atoms in total. The molecule has 2 aromatic rings. The molecule has 0 saturated carbocycles. The number of hydrogen-bond acceptors (Lipinski definition) is 5. The third-order valence-corrected chi connectivity index (χ3v) is 5.57. The molecule has 2 aliphatic heterocycles. The first-order chi connectivity index (χ1) is 14.2. The maximum atomic E-state index is 13.0. The summed E-state index contributed by atoms with van der Waals surface area (Å²) < 4.78 is 5.59. The summed E-state index contributed by atoms with van der Waals surface area (Å²) in [6.07, 6.45) is 1.18. The summed E-state index contributed by atoms with van der Waals surface area (Å²) >= 11 is 0. The van der Waals surface area contributed by atoms with Gasteiger partial charge in [-0.15, -0.1) is 0 Å². The van der Waals surface area contributed by atoms with Gasteiger partial charge >= 0.3 is 0 Å². The number of hydrogen-bond donors (Lipinski definition) is 0. The van der Waals surface area contributed by atoms with Crippen LogP contribution in [0.2, 0.25) is 0 Å². The Morgan fingerprint density at radius 1 is 0.897 bits per heavy atom. The van der Waals surface area contributed by atoms with E-state index in [4.69, 9.17) is 4.74 Å². The van der Waals surface area contributed by atoms with Crippen LogP contribution >= 0.6 is 0 Å². The summed E-state index contributed by atoms with van der Waals surface area (Å²) in [6.45, 7) is 5.96. The van der Waals surface area contributed by atoms with Crippen molar-refractivity contribution in [3.8, 4) is 5.75 Å². The van der Waals surface area contributed by atoms with Gasteiger partial charge in [0.2, 0.25) is 5.91 Å². The second-order valence-electron chi connectivity index (χ2n) is 7.49. The molecule has 0 bridgehead atoms. The molecule has 0 radical (unpaired) electrons. The molecule has 0 aliphatic carbocycles. The summed E-state index contributed by atoms with van der Waals surface area (Å²) in [4.78, 5) is 31.5. The van der Waals surface area contributed by atoms with Gasteiger partial charge in [0.15, 0.2) is 0 Å². The first kappa shape index (κ1) is 19.5. The first-order valence-corrected chi connectivity index (χ1v) is 10.3. The van der Waals surface area contributed by atoms with Crippen molar-refractivity contribution in [2.24, 2.45) is 0 Å². The Morgan fingerprint density at radius 3 is 2.24 bits per heavy atom. The highest BCUT2D eigenvalue weighted by Gasteiger charge is 2.43. The van der Waals surface area contributed by atoms with Crippen molar-refractivity contribution in [2.45, 2.75) is 25.8 Å². The molecule has 6 heteroatoms. The Balaban J connectivity index is 1.39. The van der Waals surface area contributed by atoms with E-state index in [9.17, 15) is 9.59 Å². The van der Waals surface area contributed by atoms with Crippen LogP contribution in [0.1, 0.15) is 19.8 Å². The lowest BCUT2D eigenvalue weighted by molar-refractivity contribution is -0.123. The Bertz CT molecular complexity index is 845. The van der Waals surface area contributed by atoms with Crippen molar-refractivity contribution in [1.82, 2.24) is 4.90 Å². The van der Waals surface area contributed by atoms with Crippen LogP contribution in [0.25, 0.3) is 0 Å². The summed E-state index contributed by atoms with van der Waals surface area (Å²) in [7, 11) is 0. The van der Waals surface area contributed by atoms with Crippen LogP contribution in [0.3, 0.4) is 0 Å². The maximum absolute atomic E-state index is 13.0. The number of benzene rings is 2. The van der Waals surface area contributed by atoms with Gasteiger partial charge in [-0.2, -0.15) is 0 Å². The number of imide groups is 1. The molecule has 29 heavy (non-hydrogen) atoms. The number of rotatable bonds is 6. The predicted molar refractivity (Wildman–Crippen MR) is 113 cm³/mol. The van der Waals surface area contributed by atoms with Gasteiger partial charge in [-0.1, -0.05) is 25.1 Å². The topological polar surface area (TPSA) is 53.1 Å². The van der Waals surface area contributed by atoms with Gasteiger partial charge in [-0.3, -0.25) is 14.5 Å². The Labute approximate surface area is 171 Å². The zero-order valence-electron chi connectivity index (χ0n) is 16.8. The molecule has 0 unspecified atom stereocenters. The smallest absolute Gasteiger partial charge is 0.251 e. The number of anilines is 2. The lowest BCUT2D eigenvalue weighted by Gasteiger charge is -2.38. The van der Waals surface area contributed by atoms with Gasteiger partial charge in [0.1, 0.15) is 5.75 Å². The van der Waals surface area contributed by atoms with Crippen LogP contribution in [0.15, 0.2) is 54.6 Å². The molecule has 0 N–H and O–H groups in total. The van der Waals surface area contributed by atoms with Crippen LogP contribution < -0.4 is 14.5 Å². The average Bonchev–Trinajstić information content (AvgIpc) is 3.07. The fraction of sp³-hybridized carbons (Fsp3) is 0.391. The molecular formula is C23H27N3O3. The number of carbonyl (C=O) groups is 2. The number of para-hydroxylation sites is 1. The van der Waals surface area contributed by atoms with E-state index in [1.54, 1.807) is 12.1 Å². The zero-order chi connectivity index (χ0) is 20.2.